The van der Waals surface area contributed by atoms with Crippen LogP contribution in [0.15, 0.2) is 23.3 Å². The topological polar surface area (TPSA) is 68.5 Å². The number of hydrogen-bond donors (Lipinski definition) is 1. The Morgan fingerprint density at radius 2 is 2.17 bits per heavy atom. The van der Waals surface area contributed by atoms with E-state index in [0.717, 1.165) is 22.5 Å². The predicted octanol–water partition coefficient (Wildman–Crippen LogP) is 2.53. The highest BCUT2D eigenvalue weighted by Gasteiger charge is 2.07. The summed E-state index contributed by atoms with van der Waals surface area (Å²) in [5.41, 5.74) is 6.06. The number of benzene rings is 1. The number of aromatic nitrogens is 2. The highest BCUT2D eigenvalue weighted by atomic mass is 35.5. The molecule has 0 atom stereocenters. The molecular weight excluding hydrogens is 316 g/mol. The van der Waals surface area contributed by atoms with Crippen molar-refractivity contribution in [3.05, 3.63) is 45.7 Å². The lowest BCUT2D eigenvalue weighted by atomic mass is 10.2. The van der Waals surface area contributed by atoms with Gasteiger partial charge in [0.2, 0.25) is 0 Å². The molecule has 7 heteroatoms. The summed E-state index contributed by atoms with van der Waals surface area (Å²) in [6, 6.07) is 5.23. The van der Waals surface area contributed by atoms with Gasteiger partial charge in [-0.15, -0.1) is 0 Å². The van der Waals surface area contributed by atoms with Crippen LogP contribution in [0.1, 0.15) is 22.5 Å². The molecule has 0 aliphatic carbocycles. The van der Waals surface area contributed by atoms with Crippen molar-refractivity contribution in [3.63, 3.8) is 0 Å². The molecule has 6 nitrogen and oxygen atoms in total. The summed E-state index contributed by atoms with van der Waals surface area (Å²) >= 11 is 5.94. The van der Waals surface area contributed by atoms with Gasteiger partial charge in [-0.2, -0.15) is 10.2 Å². The lowest BCUT2D eigenvalue weighted by Crippen LogP contribution is -2.24. The third kappa shape index (κ3) is 4.32. The first-order valence-corrected chi connectivity index (χ1v) is 7.47. The summed E-state index contributed by atoms with van der Waals surface area (Å²) in [5.74, 6) is 0.248. The first-order chi connectivity index (χ1) is 10.9. The maximum atomic E-state index is 11.7. The monoisotopic (exact) mass is 334 g/mol. The van der Waals surface area contributed by atoms with Gasteiger partial charge in [-0.05, 0) is 44.5 Å². The van der Waals surface area contributed by atoms with Crippen LogP contribution in [-0.4, -0.2) is 28.5 Å². The molecule has 0 aliphatic rings. The Kier molecular flexibility index (Phi) is 5.39. The van der Waals surface area contributed by atoms with Crippen molar-refractivity contribution in [1.82, 2.24) is 15.2 Å². The Morgan fingerprint density at radius 3 is 2.78 bits per heavy atom. The summed E-state index contributed by atoms with van der Waals surface area (Å²) in [7, 11) is 1.86. The molecule has 0 aliphatic heterocycles. The van der Waals surface area contributed by atoms with Gasteiger partial charge in [0, 0.05) is 23.3 Å². The van der Waals surface area contributed by atoms with Crippen molar-refractivity contribution in [1.29, 1.82) is 0 Å². The Hall–Kier alpha value is -2.34. The van der Waals surface area contributed by atoms with Crippen molar-refractivity contribution in [3.8, 4) is 5.75 Å². The second kappa shape index (κ2) is 7.28. The number of nitrogens with zero attached hydrogens (tertiary/aromatic N) is 3. The summed E-state index contributed by atoms with van der Waals surface area (Å²) in [4.78, 5) is 11.7. The number of hydrogen-bond acceptors (Lipinski definition) is 4. The van der Waals surface area contributed by atoms with Gasteiger partial charge in [0.25, 0.3) is 5.91 Å². The Balaban J connectivity index is 1.87. The number of ether oxygens (including phenoxy) is 1. The van der Waals surface area contributed by atoms with Crippen LogP contribution in [0.25, 0.3) is 0 Å². The summed E-state index contributed by atoms with van der Waals surface area (Å²) < 4.78 is 7.17. The van der Waals surface area contributed by atoms with Crippen LogP contribution < -0.4 is 10.2 Å². The van der Waals surface area contributed by atoms with Crippen molar-refractivity contribution >= 4 is 23.7 Å². The second-order valence-electron chi connectivity index (χ2n) is 5.20. The maximum Gasteiger partial charge on any atom is 0.277 e. The normalized spacial score (nSPS) is 11.0. The molecule has 2 aromatic rings. The van der Waals surface area contributed by atoms with Gasteiger partial charge in [0.1, 0.15) is 5.75 Å². The van der Waals surface area contributed by atoms with Gasteiger partial charge in [-0.1, -0.05) is 11.6 Å². The SMILES string of the molecule is Cc1cc(OCC(=O)N/N=C\c2c(C)nn(C)c2C)ccc1Cl. The molecule has 1 N–H and O–H groups in total. The van der Waals surface area contributed by atoms with Gasteiger partial charge in [-0.3, -0.25) is 9.48 Å². The number of hydrazone groups is 1. The van der Waals surface area contributed by atoms with E-state index >= 15 is 0 Å². The molecule has 0 fully saturated rings. The fourth-order valence-corrected chi connectivity index (χ4v) is 2.15. The fourth-order valence-electron chi connectivity index (χ4n) is 2.03. The lowest BCUT2D eigenvalue weighted by Gasteiger charge is -2.06. The summed E-state index contributed by atoms with van der Waals surface area (Å²) in [6.07, 6.45) is 1.59. The largest absolute Gasteiger partial charge is 0.484 e. The zero-order chi connectivity index (χ0) is 17.0. The van der Waals surface area contributed by atoms with E-state index < -0.39 is 0 Å². The molecule has 0 spiro atoms. The molecule has 122 valence electrons. The Morgan fingerprint density at radius 1 is 1.43 bits per heavy atom. The van der Waals surface area contributed by atoms with Crippen molar-refractivity contribution in [2.24, 2.45) is 12.1 Å². The number of nitrogens with one attached hydrogen (secondary N) is 1. The molecule has 1 amide bonds. The van der Waals surface area contributed by atoms with Gasteiger partial charge in [0.15, 0.2) is 6.61 Å². The molecule has 0 bridgehead atoms. The Bertz CT molecular complexity index is 753. The van der Waals surface area contributed by atoms with Gasteiger partial charge >= 0.3 is 0 Å². The van der Waals surface area contributed by atoms with Crippen LogP contribution in [-0.2, 0) is 11.8 Å². The average molecular weight is 335 g/mol. The molecule has 1 aromatic heterocycles. The van der Waals surface area contributed by atoms with Crippen LogP contribution >= 0.6 is 11.6 Å². The quantitative estimate of drug-likeness (QED) is 0.675. The maximum absolute atomic E-state index is 11.7. The third-order valence-corrected chi connectivity index (χ3v) is 3.87. The summed E-state index contributed by atoms with van der Waals surface area (Å²) in [5, 5.41) is 8.88. The fraction of sp³-hybridized carbons (Fsp3) is 0.312. The molecule has 2 rings (SSSR count). The smallest absolute Gasteiger partial charge is 0.277 e. The number of carbonyl (C=O) groups is 1. The van der Waals surface area contributed by atoms with E-state index in [4.69, 9.17) is 16.3 Å². The lowest BCUT2D eigenvalue weighted by molar-refractivity contribution is -0.123. The van der Waals surface area contributed by atoms with E-state index in [-0.39, 0.29) is 12.5 Å². The second-order valence-corrected chi connectivity index (χ2v) is 5.61. The minimum absolute atomic E-state index is 0.122. The van der Waals surface area contributed by atoms with Crippen LogP contribution in [0.2, 0.25) is 5.02 Å². The highest BCUT2D eigenvalue weighted by molar-refractivity contribution is 6.31. The van der Waals surface area contributed by atoms with Gasteiger partial charge < -0.3 is 4.74 Å². The molecule has 0 saturated carbocycles. The highest BCUT2D eigenvalue weighted by Crippen LogP contribution is 2.20. The van der Waals surface area contributed by atoms with Crippen molar-refractivity contribution in [2.75, 3.05) is 6.61 Å². The van der Waals surface area contributed by atoms with Crippen LogP contribution in [0.3, 0.4) is 0 Å². The molecular formula is C16H19ClN4O2. The van der Waals surface area contributed by atoms with E-state index in [1.807, 2.05) is 27.8 Å². The molecule has 1 aromatic carbocycles. The number of carbonyl (C=O) groups excluding carboxylic acids is 1. The van der Waals surface area contributed by atoms with Crippen LogP contribution in [0, 0.1) is 20.8 Å². The van der Waals surface area contributed by atoms with E-state index in [1.165, 1.54) is 0 Å². The van der Waals surface area contributed by atoms with Crippen molar-refractivity contribution < 1.29 is 9.53 Å². The molecule has 0 saturated heterocycles. The molecule has 1 heterocycles. The van der Waals surface area contributed by atoms with Crippen molar-refractivity contribution in [2.45, 2.75) is 20.8 Å². The summed E-state index contributed by atoms with van der Waals surface area (Å²) in [6.45, 7) is 5.58. The van der Waals surface area contributed by atoms with Gasteiger partial charge in [0.05, 0.1) is 11.9 Å². The Labute approximate surface area is 140 Å². The molecule has 23 heavy (non-hydrogen) atoms. The van der Waals surface area contributed by atoms with E-state index in [2.05, 4.69) is 15.6 Å². The minimum atomic E-state index is -0.340. The van der Waals surface area contributed by atoms with Crippen LogP contribution in [0.5, 0.6) is 5.75 Å². The van der Waals surface area contributed by atoms with E-state index in [1.54, 1.807) is 29.1 Å². The number of amides is 1. The minimum Gasteiger partial charge on any atom is -0.484 e. The zero-order valence-electron chi connectivity index (χ0n) is 13.6. The van der Waals surface area contributed by atoms with Crippen LogP contribution in [0.4, 0.5) is 0 Å². The molecule has 0 radical (unpaired) electrons. The van der Waals surface area contributed by atoms with E-state index in [9.17, 15) is 4.79 Å². The van der Waals surface area contributed by atoms with E-state index in [0.29, 0.717) is 10.8 Å². The predicted molar refractivity (Wildman–Crippen MR) is 90.1 cm³/mol. The number of aryl methyl sites for hydroxylation is 3. The third-order valence-electron chi connectivity index (χ3n) is 3.45. The average Bonchev–Trinajstić information content (AvgIpc) is 2.74. The van der Waals surface area contributed by atoms with Gasteiger partial charge in [-0.25, -0.2) is 5.43 Å². The standard InChI is InChI=1S/C16H19ClN4O2/c1-10-7-13(5-6-15(10)17)23-9-16(22)19-18-8-14-11(2)20-21(4)12(14)3/h5-8H,9H2,1-4H3,(H,19,22)/b18-8-. The number of halogens is 1. The number of rotatable bonds is 5. The molecule has 0 unspecified atom stereocenters. The first kappa shape index (κ1) is 17.0. The first-order valence-electron chi connectivity index (χ1n) is 7.09. The zero-order valence-corrected chi connectivity index (χ0v) is 14.3.